The molecule has 0 radical (unpaired) electrons. The number of hydrogen-bond donors (Lipinski definition) is 2. The molecule has 0 amide bonds. The van der Waals surface area contributed by atoms with Gasteiger partial charge >= 0.3 is 0 Å². The molecule has 0 bridgehead atoms. The lowest BCUT2D eigenvalue weighted by atomic mass is 9.99. The van der Waals surface area contributed by atoms with Crippen LogP contribution in [0.2, 0.25) is 0 Å². The zero-order valence-electron chi connectivity index (χ0n) is 10.9. The Balaban J connectivity index is 1.89. The summed E-state index contributed by atoms with van der Waals surface area (Å²) in [4.78, 5) is 0. The third-order valence-corrected chi connectivity index (χ3v) is 3.58. The molecule has 1 fully saturated rings. The topological polar surface area (TPSA) is 47.3 Å². The van der Waals surface area contributed by atoms with Crippen LogP contribution >= 0.6 is 0 Å². The van der Waals surface area contributed by atoms with Crippen molar-refractivity contribution in [1.29, 1.82) is 0 Å². The van der Waals surface area contributed by atoms with E-state index in [1.54, 1.807) is 0 Å². The van der Waals surface area contributed by atoms with Gasteiger partial charge < -0.3 is 4.74 Å². The lowest BCUT2D eigenvalue weighted by molar-refractivity contribution is 0.101. The van der Waals surface area contributed by atoms with Crippen molar-refractivity contribution in [3.05, 3.63) is 35.4 Å². The van der Waals surface area contributed by atoms with E-state index in [0.717, 1.165) is 44.4 Å². The normalized spacial score (nSPS) is 20.7. The zero-order valence-corrected chi connectivity index (χ0v) is 10.9. The van der Waals surface area contributed by atoms with E-state index < -0.39 is 11.6 Å². The Morgan fingerprint density at radius 2 is 2.26 bits per heavy atom. The summed E-state index contributed by atoms with van der Waals surface area (Å²) < 4.78 is 32.3. The summed E-state index contributed by atoms with van der Waals surface area (Å²) >= 11 is 0. The highest BCUT2D eigenvalue weighted by molar-refractivity contribution is 5.22. The van der Waals surface area contributed by atoms with Gasteiger partial charge in [0.05, 0.1) is 6.10 Å². The van der Waals surface area contributed by atoms with Gasteiger partial charge in [0.2, 0.25) is 0 Å². The molecule has 0 aromatic heterocycles. The minimum absolute atomic E-state index is 0.287. The van der Waals surface area contributed by atoms with Gasteiger partial charge in [-0.25, -0.2) is 8.78 Å². The molecule has 0 spiro atoms. The Morgan fingerprint density at radius 1 is 1.42 bits per heavy atom. The minimum atomic E-state index is -0.448. The van der Waals surface area contributed by atoms with Gasteiger partial charge in [0.25, 0.3) is 0 Å². The van der Waals surface area contributed by atoms with Gasteiger partial charge in [0.15, 0.2) is 0 Å². The van der Waals surface area contributed by atoms with Crippen LogP contribution in [0.1, 0.15) is 43.7 Å². The number of benzene rings is 1. The maximum absolute atomic E-state index is 13.6. The second-order valence-electron chi connectivity index (χ2n) is 4.95. The van der Waals surface area contributed by atoms with E-state index in [9.17, 15) is 8.78 Å². The summed E-state index contributed by atoms with van der Waals surface area (Å²) in [5.41, 5.74) is 2.85. The summed E-state index contributed by atoms with van der Waals surface area (Å²) in [6.07, 6.45) is 4.99. The Bertz CT molecular complexity index is 408. The van der Waals surface area contributed by atoms with E-state index in [1.165, 1.54) is 6.07 Å². The molecule has 1 aliphatic rings. The summed E-state index contributed by atoms with van der Waals surface area (Å²) in [6, 6.07) is 3.08. The molecule has 2 rings (SSSR count). The van der Waals surface area contributed by atoms with Gasteiger partial charge in [-0.1, -0.05) is 0 Å². The Kier molecular flexibility index (Phi) is 5.24. The molecule has 0 saturated carbocycles. The van der Waals surface area contributed by atoms with Crippen molar-refractivity contribution in [1.82, 2.24) is 5.43 Å². The fourth-order valence-corrected chi connectivity index (χ4v) is 2.53. The highest BCUT2D eigenvalue weighted by Crippen LogP contribution is 2.25. The van der Waals surface area contributed by atoms with Gasteiger partial charge in [0, 0.05) is 18.2 Å². The Labute approximate surface area is 112 Å². The van der Waals surface area contributed by atoms with Crippen molar-refractivity contribution >= 4 is 0 Å². The maximum Gasteiger partial charge on any atom is 0.128 e. The number of hydrogen-bond acceptors (Lipinski definition) is 3. The van der Waals surface area contributed by atoms with Gasteiger partial charge in [-0.2, -0.15) is 0 Å². The van der Waals surface area contributed by atoms with Crippen LogP contribution in [0.15, 0.2) is 18.2 Å². The van der Waals surface area contributed by atoms with Crippen LogP contribution in [0, 0.1) is 11.6 Å². The molecule has 1 aliphatic heterocycles. The van der Waals surface area contributed by atoms with Crippen molar-refractivity contribution in [2.75, 3.05) is 6.61 Å². The number of halogens is 2. The van der Waals surface area contributed by atoms with Crippen LogP contribution in [0.4, 0.5) is 8.78 Å². The van der Waals surface area contributed by atoms with Crippen LogP contribution < -0.4 is 11.3 Å². The SMILES string of the molecule is NNC(CCCC1CCCO1)c1cc(F)ccc1F. The largest absolute Gasteiger partial charge is 0.378 e. The summed E-state index contributed by atoms with van der Waals surface area (Å²) in [5, 5.41) is 0. The van der Waals surface area contributed by atoms with Crippen molar-refractivity contribution in [3.8, 4) is 0 Å². The van der Waals surface area contributed by atoms with E-state index in [-0.39, 0.29) is 11.6 Å². The molecule has 0 aliphatic carbocycles. The smallest absolute Gasteiger partial charge is 0.128 e. The van der Waals surface area contributed by atoms with E-state index >= 15 is 0 Å². The number of nitrogens with one attached hydrogen (secondary N) is 1. The summed E-state index contributed by atoms with van der Waals surface area (Å²) in [7, 11) is 0. The Morgan fingerprint density at radius 3 is 2.95 bits per heavy atom. The second kappa shape index (κ2) is 6.93. The minimum Gasteiger partial charge on any atom is -0.378 e. The van der Waals surface area contributed by atoms with Gasteiger partial charge in [0.1, 0.15) is 11.6 Å². The molecule has 1 saturated heterocycles. The third-order valence-electron chi connectivity index (χ3n) is 3.58. The van der Waals surface area contributed by atoms with Crippen LogP contribution in [-0.4, -0.2) is 12.7 Å². The molecular formula is C14H20F2N2O. The lowest BCUT2D eigenvalue weighted by Gasteiger charge is -2.18. The quantitative estimate of drug-likeness (QED) is 0.617. The Hall–Kier alpha value is -1.04. The predicted molar refractivity (Wildman–Crippen MR) is 69.2 cm³/mol. The van der Waals surface area contributed by atoms with Gasteiger partial charge in [-0.3, -0.25) is 11.3 Å². The predicted octanol–water partition coefficient (Wildman–Crippen LogP) is 2.82. The fourth-order valence-electron chi connectivity index (χ4n) is 2.53. The van der Waals surface area contributed by atoms with Crippen LogP contribution in [0.25, 0.3) is 0 Å². The monoisotopic (exact) mass is 270 g/mol. The van der Waals surface area contributed by atoms with E-state index in [1.807, 2.05) is 0 Å². The fraction of sp³-hybridized carbons (Fsp3) is 0.571. The molecule has 1 aromatic rings. The molecule has 19 heavy (non-hydrogen) atoms. The van der Waals surface area contributed by atoms with Crippen molar-refractivity contribution in [2.24, 2.45) is 5.84 Å². The number of nitrogens with two attached hydrogens (primary N) is 1. The van der Waals surface area contributed by atoms with Gasteiger partial charge in [-0.05, 0) is 50.3 Å². The highest BCUT2D eigenvalue weighted by atomic mass is 19.1. The first-order valence-electron chi connectivity index (χ1n) is 6.73. The number of ether oxygens (including phenoxy) is 1. The second-order valence-corrected chi connectivity index (χ2v) is 4.95. The van der Waals surface area contributed by atoms with Crippen LogP contribution in [-0.2, 0) is 4.74 Å². The first kappa shape index (κ1) is 14.4. The maximum atomic E-state index is 13.6. The molecule has 106 valence electrons. The van der Waals surface area contributed by atoms with Crippen LogP contribution in [0.3, 0.4) is 0 Å². The molecule has 2 unspecified atom stereocenters. The average molecular weight is 270 g/mol. The highest BCUT2D eigenvalue weighted by Gasteiger charge is 2.18. The number of hydrazine groups is 1. The summed E-state index contributed by atoms with van der Waals surface area (Å²) in [6.45, 7) is 0.835. The van der Waals surface area contributed by atoms with E-state index in [2.05, 4.69) is 5.43 Å². The molecule has 1 heterocycles. The molecule has 3 N–H and O–H groups in total. The molecule has 5 heteroatoms. The van der Waals surface area contributed by atoms with Crippen molar-refractivity contribution < 1.29 is 13.5 Å². The third kappa shape index (κ3) is 3.96. The average Bonchev–Trinajstić information content (AvgIpc) is 2.91. The molecule has 3 nitrogen and oxygen atoms in total. The zero-order chi connectivity index (χ0) is 13.7. The lowest BCUT2D eigenvalue weighted by Crippen LogP contribution is -2.29. The van der Waals surface area contributed by atoms with E-state index in [4.69, 9.17) is 10.6 Å². The molecular weight excluding hydrogens is 250 g/mol. The van der Waals surface area contributed by atoms with Crippen molar-refractivity contribution in [3.63, 3.8) is 0 Å². The van der Waals surface area contributed by atoms with Gasteiger partial charge in [-0.15, -0.1) is 0 Å². The van der Waals surface area contributed by atoms with Crippen molar-refractivity contribution in [2.45, 2.75) is 44.2 Å². The molecule has 2 atom stereocenters. The van der Waals surface area contributed by atoms with Crippen LogP contribution in [0.5, 0.6) is 0 Å². The summed E-state index contributed by atoms with van der Waals surface area (Å²) in [5.74, 6) is 4.57. The first-order valence-corrected chi connectivity index (χ1v) is 6.73. The van der Waals surface area contributed by atoms with E-state index in [0.29, 0.717) is 12.5 Å². The first-order chi connectivity index (χ1) is 9.20. The molecule has 1 aromatic carbocycles. The number of rotatable bonds is 6. The standard InChI is InChI=1S/C14H20F2N2O/c15-10-6-7-13(16)12(9-10)14(18-17)5-1-3-11-4-2-8-19-11/h6-7,9,11,14,18H,1-5,8,17H2.